The van der Waals surface area contributed by atoms with Crippen LogP contribution >= 0.6 is 0 Å². The average Bonchev–Trinajstić information content (AvgIpc) is 2.93. The van der Waals surface area contributed by atoms with Gasteiger partial charge in [0.25, 0.3) is 5.69 Å². The molecule has 0 fully saturated rings. The first-order valence-corrected chi connectivity index (χ1v) is 7.22. The van der Waals surface area contributed by atoms with Gasteiger partial charge in [-0.1, -0.05) is 0 Å². The Labute approximate surface area is 138 Å². The molecule has 2 rings (SSSR count). The number of esters is 1. The van der Waals surface area contributed by atoms with Crippen LogP contribution in [0.3, 0.4) is 0 Å². The van der Waals surface area contributed by atoms with Gasteiger partial charge in [-0.2, -0.15) is 0 Å². The Morgan fingerprint density at radius 3 is 2.50 bits per heavy atom. The number of hydrogen-bond donors (Lipinski definition) is 0. The number of carbonyl (C=O) groups excluding carboxylic acids is 2. The van der Waals surface area contributed by atoms with Crippen molar-refractivity contribution in [2.75, 3.05) is 6.61 Å². The molecule has 0 saturated carbocycles. The number of nitrogens with zero attached hydrogens (tertiary/aromatic N) is 2. The van der Waals surface area contributed by atoms with E-state index in [1.807, 2.05) is 0 Å². The first kappa shape index (κ1) is 17.1. The normalized spacial score (nSPS) is 10.8. The Balaban J connectivity index is 2.20. The van der Waals surface area contributed by atoms with Gasteiger partial charge < -0.3 is 9.30 Å². The maximum atomic E-state index is 12.4. The quantitative estimate of drug-likeness (QED) is 0.267. The van der Waals surface area contributed by atoms with Crippen LogP contribution in [0.15, 0.2) is 42.6 Å². The summed E-state index contributed by atoms with van der Waals surface area (Å²) in [4.78, 5) is 33.9. The maximum absolute atomic E-state index is 12.4. The molecule has 1 aromatic heterocycles. The zero-order chi connectivity index (χ0) is 17.7. The van der Waals surface area contributed by atoms with Gasteiger partial charge >= 0.3 is 5.97 Å². The van der Waals surface area contributed by atoms with Gasteiger partial charge in [0.15, 0.2) is 5.78 Å². The van der Waals surface area contributed by atoms with Gasteiger partial charge in [-0.3, -0.25) is 14.9 Å². The highest BCUT2D eigenvalue weighted by molar-refractivity contribution is 6.09. The largest absolute Gasteiger partial charge is 0.463 e. The Bertz CT molecular complexity index is 803. The fraction of sp³-hybridized carbons (Fsp3) is 0.176. The van der Waals surface area contributed by atoms with E-state index in [1.54, 1.807) is 36.9 Å². The van der Waals surface area contributed by atoms with Crippen LogP contribution in [0.1, 0.15) is 28.5 Å². The van der Waals surface area contributed by atoms with Gasteiger partial charge in [0.1, 0.15) is 0 Å². The lowest BCUT2D eigenvalue weighted by atomic mass is 10.1. The minimum atomic E-state index is -0.519. The van der Waals surface area contributed by atoms with Crippen LogP contribution in [-0.2, 0) is 16.6 Å². The molecule has 1 heterocycles. The molecule has 2 aromatic rings. The summed E-state index contributed by atoms with van der Waals surface area (Å²) in [6, 6.07) is 7.05. The molecular weight excluding hydrogens is 312 g/mol. The summed E-state index contributed by atoms with van der Waals surface area (Å²) in [5.74, 6) is -0.710. The van der Waals surface area contributed by atoms with Crippen molar-refractivity contribution >= 4 is 23.5 Å². The number of aromatic nitrogens is 1. The summed E-state index contributed by atoms with van der Waals surface area (Å²) in [5.41, 5.74) is 1.37. The summed E-state index contributed by atoms with van der Waals surface area (Å²) in [7, 11) is 1.75. The average molecular weight is 328 g/mol. The molecule has 7 heteroatoms. The molecule has 0 amide bonds. The van der Waals surface area contributed by atoms with E-state index in [4.69, 9.17) is 4.74 Å². The molecule has 0 radical (unpaired) electrons. The number of nitro benzene ring substituents is 1. The van der Waals surface area contributed by atoms with Crippen molar-refractivity contribution in [2.45, 2.75) is 6.92 Å². The zero-order valence-electron chi connectivity index (χ0n) is 13.3. The number of non-ortho nitro benzene ring substituents is 1. The fourth-order valence-electron chi connectivity index (χ4n) is 2.12. The van der Waals surface area contributed by atoms with E-state index < -0.39 is 10.9 Å². The highest BCUT2D eigenvalue weighted by Crippen LogP contribution is 2.17. The van der Waals surface area contributed by atoms with Gasteiger partial charge in [0.05, 0.1) is 11.5 Å². The molecule has 0 spiro atoms. The molecule has 0 N–H and O–H groups in total. The predicted molar refractivity (Wildman–Crippen MR) is 87.6 cm³/mol. The Kier molecular flexibility index (Phi) is 5.26. The molecule has 0 unspecified atom stereocenters. The fourth-order valence-corrected chi connectivity index (χ4v) is 2.12. The number of ketones is 1. The topological polar surface area (TPSA) is 91.4 Å². The second-order valence-corrected chi connectivity index (χ2v) is 4.98. The molecule has 0 aliphatic carbocycles. The van der Waals surface area contributed by atoms with Gasteiger partial charge in [-0.25, -0.2) is 4.79 Å². The summed E-state index contributed by atoms with van der Waals surface area (Å²) >= 11 is 0. The second kappa shape index (κ2) is 7.36. The number of hydrogen-bond acceptors (Lipinski definition) is 5. The van der Waals surface area contributed by atoms with Crippen molar-refractivity contribution in [1.82, 2.24) is 4.57 Å². The Morgan fingerprint density at radius 1 is 1.25 bits per heavy atom. The highest BCUT2D eigenvalue weighted by Gasteiger charge is 2.14. The number of benzene rings is 1. The van der Waals surface area contributed by atoms with Crippen LogP contribution in [0.2, 0.25) is 0 Å². The number of carbonyl (C=O) groups is 2. The van der Waals surface area contributed by atoms with Crippen molar-refractivity contribution in [3.8, 4) is 0 Å². The first-order valence-electron chi connectivity index (χ1n) is 7.22. The van der Waals surface area contributed by atoms with Crippen LogP contribution in [0.25, 0.3) is 6.08 Å². The number of aryl methyl sites for hydroxylation is 1. The standard InChI is InChI=1S/C17H16N2O5/c1-3-24-16(20)9-8-15-10-13(11-18(15)2)17(21)12-4-6-14(7-5-12)19(22)23/h4-11H,3H2,1-2H3/b9-8+. The second-order valence-electron chi connectivity index (χ2n) is 4.98. The number of rotatable bonds is 6. The van der Waals surface area contributed by atoms with E-state index in [9.17, 15) is 19.7 Å². The first-order chi connectivity index (χ1) is 11.4. The third kappa shape index (κ3) is 3.95. The van der Waals surface area contributed by atoms with Crippen LogP contribution in [0.5, 0.6) is 0 Å². The van der Waals surface area contributed by atoms with Gasteiger partial charge in [0.2, 0.25) is 0 Å². The molecule has 0 saturated heterocycles. The van der Waals surface area contributed by atoms with E-state index in [2.05, 4.69) is 0 Å². The van der Waals surface area contributed by atoms with E-state index in [-0.39, 0.29) is 11.5 Å². The smallest absolute Gasteiger partial charge is 0.330 e. The Hall–Kier alpha value is -3.22. The molecule has 0 bridgehead atoms. The molecule has 7 nitrogen and oxygen atoms in total. The van der Waals surface area contributed by atoms with E-state index in [0.29, 0.717) is 23.4 Å². The van der Waals surface area contributed by atoms with Crippen LogP contribution in [0, 0.1) is 10.1 Å². The number of nitro groups is 1. The summed E-state index contributed by atoms with van der Waals surface area (Å²) in [5, 5.41) is 10.6. The van der Waals surface area contributed by atoms with Crippen molar-refractivity contribution < 1.29 is 19.2 Å². The molecule has 124 valence electrons. The van der Waals surface area contributed by atoms with Crippen LogP contribution in [0.4, 0.5) is 5.69 Å². The SMILES string of the molecule is CCOC(=O)/C=C/c1cc(C(=O)c2ccc([N+](=O)[O-])cc2)cn1C. The summed E-state index contributed by atoms with van der Waals surface area (Å²) in [6.07, 6.45) is 4.48. The van der Waals surface area contributed by atoms with Gasteiger partial charge in [0, 0.05) is 48.3 Å². The van der Waals surface area contributed by atoms with Crippen molar-refractivity contribution in [3.63, 3.8) is 0 Å². The molecule has 0 aliphatic heterocycles. The van der Waals surface area contributed by atoms with Crippen molar-refractivity contribution in [1.29, 1.82) is 0 Å². The molecule has 24 heavy (non-hydrogen) atoms. The van der Waals surface area contributed by atoms with E-state index >= 15 is 0 Å². The Morgan fingerprint density at radius 2 is 1.92 bits per heavy atom. The molecule has 1 aromatic carbocycles. The van der Waals surface area contributed by atoms with E-state index in [0.717, 1.165) is 0 Å². The van der Waals surface area contributed by atoms with Crippen LogP contribution in [-0.4, -0.2) is 27.8 Å². The lowest BCUT2D eigenvalue weighted by molar-refractivity contribution is -0.384. The van der Waals surface area contributed by atoms with Crippen LogP contribution < -0.4 is 0 Å². The van der Waals surface area contributed by atoms with Gasteiger partial charge in [-0.15, -0.1) is 0 Å². The molecular formula is C17H16N2O5. The minimum Gasteiger partial charge on any atom is -0.463 e. The summed E-state index contributed by atoms with van der Waals surface area (Å²) < 4.78 is 6.50. The minimum absolute atomic E-state index is 0.0716. The van der Waals surface area contributed by atoms with Gasteiger partial charge in [-0.05, 0) is 31.2 Å². The highest BCUT2D eigenvalue weighted by atomic mass is 16.6. The molecule has 0 atom stereocenters. The summed E-state index contributed by atoms with van der Waals surface area (Å²) in [6.45, 7) is 2.01. The van der Waals surface area contributed by atoms with Crippen molar-refractivity contribution in [2.24, 2.45) is 7.05 Å². The lowest BCUT2D eigenvalue weighted by Crippen LogP contribution is -2.00. The van der Waals surface area contributed by atoms with Crippen molar-refractivity contribution in [3.05, 3.63) is 69.5 Å². The third-order valence-corrected chi connectivity index (χ3v) is 3.32. The molecule has 0 aliphatic rings. The lowest BCUT2D eigenvalue weighted by Gasteiger charge is -1.97. The predicted octanol–water partition coefficient (Wildman–Crippen LogP) is 2.74. The zero-order valence-corrected chi connectivity index (χ0v) is 13.3. The third-order valence-electron chi connectivity index (χ3n) is 3.32. The maximum Gasteiger partial charge on any atom is 0.330 e. The monoisotopic (exact) mass is 328 g/mol. The van der Waals surface area contributed by atoms with E-state index in [1.165, 1.54) is 30.3 Å². The number of ether oxygens (including phenoxy) is 1.